The maximum Gasteiger partial charge on any atom is 0.349 e. The molecule has 2 aliphatic carbocycles. The molecule has 34 heavy (non-hydrogen) atoms. The van der Waals surface area contributed by atoms with E-state index in [0.29, 0.717) is 39.8 Å². The highest BCUT2D eigenvalue weighted by Gasteiger charge is 2.54. The Bertz CT molecular complexity index is 1070. The second-order valence-electron chi connectivity index (χ2n) is 9.21. The largest absolute Gasteiger partial charge is 0.490 e. The van der Waals surface area contributed by atoms with Gasteiger partial charge in [0.2, 0.25) is 5.60 Å². The molecule has 180 valence electrons. The number of anilines is 1. The Morgan fingerprint density at radius 3 is 2.47 bits per heavy atom. The molecule has 3 aromatic rings. The van der Waals surface area contributed by atoms with Crippen molar-refractivity contribution in [3.63, 3.8) is 0 Å². The summed E-state index contributed by atoms with van der Waals surface area (Å²) < 4.78 is 12.0. The van der Waals surface area contributed by atoms with Gasteiger partial charge in [-0.2, -0.15) is 0 Å². The van der Waals surface area contributed by atoms with Crippen molar-refractivity contribution in [3.05, 3.63) is 69.0 Å². The van der Waals surface area contributed by atoms with E-state index in [9.17, 15) is 9.90 Å². The fraction of sp³-hybridized carbons (Fsp3) is 0.423. The number of carbonyl (C=O) groups is 1. The lowest BCUT2D eigenvalue weighted by atomic mass is 9.94. The van der Waals surface area contributed by atoms with E-state index in [1.165, 1.54) is 22.7 Å². The van der Waals surface area contributed by atoms with Gasteiger partial charge in [-0.15, -0.1) is 22.7 Å². The molecule has 0 saturated heterocycles. The normalized spacial score (nSPS) is 24.0. The summed E-state index contributed by atoms with van der Waals surface area (Å²) in [5, 5.41) is 15.3. The van der Waals surface area contributed by atoms with E-state index in [1.54, 1.807) is 12.1 Å². The van der Waals surface area contributed by atoms with Crippen molar-refractivity contribution < 1.29 is 19.4 Å². The van der Waals surface area contributed by atoms with Gasteiger partial charge in [0.1, 0.15) is 18.5 Å². The van der Waals surface area contributed by atoms with Gasteiger partial charge in [0.15, 0.2) is 0 Å². The topological polar surface area (TPSA) is 85.0 Å². The van der Waals surface area contributed by atoms with E-state index in [-0.39, 0.29) is 12.0 Å². The number of rotatable bonds is 9. The molecule has 2 bridgehead atoms. The molecule has 0 spiro atoms. The maximum absolute atomic E-state index is 13.5. The Morgan fingerprint density at radius 2 is 1.82 bits per heavy atom. The fourth-order valence-electron chi connectivity index (χ4n) is 5.50. The third-order valence-corrected chi connectivity index (χ3v) is 9.23. The summed E-state index contributed by atoms with van der Waals surface area (Å²) in [6.45, 7) is 1.30. The first kappa shape index (κ1) is 23.4. The molecule has 3 N–H and O–H groups in total. The second kappa shape index (κ2) is 9.70. The smallest absolute Gasteiger partial charge is 0.349 e. The molecule has 4 atom stereocenters. The summed E-state index contributed by atoms with van der Waals surface area (Å²) in [6, 6.07) is 15.1. The van der Waals surface area contributed by atoms with Crippen LogP contribution in [0.3, 0.4) is 0 Å². The minimum absolute atomic E-state index is 0.169. The molecule has 0 radical (unpaired) electrons. The first-order chi connectivity index (χ1) is 16.5. The van der Waals surface area contributed by atoms with Crippen LogP contribution in [-0.4, -0.2) is 48.3 Å². The lowest BCUT2D eigenvalue weighted by Crippen LogP contribution is -2.42. The number of nitrogen functional groups attached to an aromatic ring is 1. The number of benzene rings is 1. The highest BCUT2D eigenvalue weighted by atomic mass is 32.1. The predicted molar refractivity (Wildman–Crippen MR) is 135 cm³/mol. The number of thiophene rings is 2. The minimum Gasteiger partial charge on any atom is -0.490 e. The van der Waals surface area contributed by atoms with Gasteiger partial charge < -0.3 is 20.3 Å². The Labute approximate surface area is 207 Å². The van der Waals surface area contributed by atoms with E-state index in [2.05, 4.69) is 11.9 Å². The van der Waals surface area contributed by atoms with E-state index in [1.807, 2.05) is 47.2 Å². The van der Waals surface area contributed by atoms with Crippen LogP contribution in [0.2, 0.25) is 0 Å². The van der Waals surface area contributed by atoms with Gasteiger partial charge >= 0.3 is 5.97 Å². The van der Waals surface area contributed by atoms with Crippen molar-refractivity contribution in [3.8, 4) is 5.75 Å². The summed E-state index contributed by atoms with van der Waals surface area (Å²) in [5.41, 5.74) is 4.86. The number of nitrogens with zero attached hydrogens (tertiary/aromatic N) is 1. The van der Waals surface area contributed by atoms with Crippen LogP contribution < -0.4 is 10.5 Å². The Balaban J connectivity index is 1.24. The van der Waals surface area contributed by atoms with Gasteiger partial charge in [-0.1, -0.05) is 24.3 Å². The van der Waals surface area contributed by atoms with Crippen molar-refractivity contribution in [2.75, 3.05) is 25.9 Å². The Morgan fingerprint density at radius 1 is 1.12 bits per heavy atom. The number of carbonyl (C=O) groups excluding carboxylic acids is 1. The van der Waals surface area contributed by atoms with Crippen LogP contribution in [0.15, 0.2) is 59.3 Å². The van der Waals surface area contributed by atoms with Crippen molar-refractivity contribution in [1.29, 1.82) is 0 Å². The standard InChI is InChI=1S/C26H30N2O4S2/c1-28(12-13-31-21-7-3-2-6-19(21)27)20-16-17-10-11-18(20)24(17)32-25(29)26(30,22-8-4-14-33-22)23-9-5-15-34-23/h2-9,14-15,17-18,20,24,30H,10-13,16,27H2,1H3. The molecular formula is C26H30N2O4S2. The quantitative estimate of drug-likeness (QED) is 0.337. The zero-order valence-corrected chi connectivity index (χ0v) is 20.8. The van der Waals surface area contributed by atoms with Crippen LogP contribution in [0.25, 0.3) is 0 Å². The summed E-state index contributed by atoms with van der Waals surface area (Å²) in [6.07, 6.45) is 2.90. The summed E-state index contributed by atoms with van der Waals surface area (Å²) >= 11 is 2.74. The average molecular weight is 499 g/mol. The van der Waals surface area contributed by atoms with Gasteiger partial charge in [-0.05, 0) is 67.3 Å². The molecule has 2 saturated carbocycles. The summed E-state index contributed by atoms with van der Waals surface area (Å²) in [7, 11) is 2.11. The lowest BCUT2D eigenvalue weighted by Gasteiger charge is -2.32. The zero-order valence-electron chi connectivity index (χ0n) is 19.1. The van der Waals surface area contributed by atoms with E-state index >= 15 is 0 Å². The summed E-state index contributed by atoms with van der Waals surface area (Å²) in [4.78, 5) is 17.0. The number of aliphatic hydroxyl groups is 1. The third kappa shape index (κ3) is 4.24. The molecule has 0 aliphatic heterocycles. The minimum atomic E-state index is -1.75. The Hall–Kier alpha value is -2.39. The molecule has 2 fully saturated rings. The van der Waals surface area contributed by atoms with Crippen LogP contribution in [0.4, 0.5) is 5.69 Å². The molecule has 5 rings (SSSR count). The van der Waals surface area contributed by atoms with E-state index in [4.69, 9.17) is 15.2 Å². The number of esters is 1. The monoisotopic (exact) mass is 498 g/mol. The molecular weight excluding hydrogens is 468 g/mol. The van der Waals surface area contributed by atoms with Crippen LogP contribution >= 0.6 is 22.7 Å². The zero-order chi connectivity index (χ0) is 23.7. The molecule has 2 aromatic heterocycles. The average Bonchev–Trinajstić information content (AvgIpc) is 3.65. The number of para-hydroxylation sites is 2. The van der Waals surface area contributed by atoms with Crippen molar-refractivity contribution in [1.82, 2.24) is 4.90 Å². The molecule has 2 aliphatic rings. The predicted octanol–water partition coefficient (Wildman–Crippen LogP) is 4.35. The number of nitrogens with two attached hydrogens (primary N) is 1. The van der Waals surface area contributed by atoms with Crippen molar-refractivity contribution in [2.24, 2.45) is 11.8 Å². The van der Waals surface area contributed by atoms with Gasteiger partial charge in [0.25, 0.3) is 0 Å². The van der Waals surface area contributed by atoms with Gasteiger partial charge in [-0.25, -0.2) is 4.79 Å². The summed E-state index contributed by atoms with van der Waals surface area (Å²) in [5.74, 6) is 0.724. The van der Waals surface area contributed by atoms with Crippen molar-refractivity contribution in [2.45, 2.75) is 37.0 Å². The van der Waals surface area contributed by atoms with Gasteiger partial charge in [0.05, 0.1) is 15.4 Å². The highest BCUT2D eigenvalue weighted by molar-refractivity contribution is 7.12. The van der Waals surface area contributed by atoms with Gasteiger partial charge in [0, 0.05) is 18.5 Å². The number of hydrogen-bond acceptors (Lipinski definition) is 8. The van der Waals surface area contributed by atoms with Crippen molar-refractivity contribution >= 4 is 34.3 Å². The number of hydrogen-bond donors (Lipinski definition) is 2. The third-order valence-electron chi connectivity index (χ3n) is 7.28. The molecule has 4 unspecified atom stereocenters. The second-order valence-corrected chi connectivity index (χ2v) is 11.1. The van der Waals surface area contributed by atoms with E-state index in [0.717, 1.165) is 25.8 Å². The number of likely N-dealkylation sites (N-methyl/N-ethyl adjacent to an activating group) is 1. The Kier molecular flexibility index (Phi) is 6.66. The molecule has 1 aromatic carbocycles. The highest BCUT2D eigenvalue weighted by Crippen LogP contribution is 2.49. The maximum atomic E-state index is 13.5. The van der Waals surface area contributed by atoms with Crippen LogP contribution in [-0.2, 0) is 15.1 Å². The lowest BCUT2D eigenvalue weighted by molar-refractivity contribution is -0.170. The first-order valence-electron chi connectivity index (χ1n) is 11.7. The molecule has 6 nitrogen and oxygen atoms in total. The van der Waals surface area contributed by atoms with E-state index < -0.39 is 11.6 Å². The SMILES string of the molecule is CN(CCOc1ccccc1N)C1CC2CCC1C2OC(=O)C(O)(c1cccs1)c1cccs1. The van der Waals surface area contributed by atoms with Crippen LogP contribution in [0.1, 0.15) is 29.0 Å². The van der Waals surface area contributed by atoms with Crippen LogP contribution in [0, 0.1) is 11.8 Å². The molecule has 8 heteroatoms. The fourth-order valence-corrected chi connectivity index (χ4v) is 7.22. The van der Waals surface area contributed by atoms with Gasteiger partial charge in [-0.3, -0.25) is 4.90 Å². The molecule has 2 heterocycles. The number of fused-ring (bicyclic) bond motifs is 2. The van der Waals surface area contributed by atoms with Crippen LogP contribution in [0.5, 0.6) is 5.75 Å². The molecule has 0 amide bonds. The first-order valence-corrected chi connectivity index (χ1v) is 13.4. The number of ether oxygens (including phenoxy) is 2.